The van der Waals surface area contributed by atoms with Crippen LogP contribution in [0.1, 0.15) is 39.5 Å². The van der Waals surface area contributed by atoms with Gasteiger partial charge in [-0.3, -0.25) is 4.79 Å². The van der Waals surface area contributed by atoms with Crippen molar-refractivity contribution in [2.45, 2.75) is 39.5 Å². The van der Waals surface area contributed by atoms with Gasteiger partial charge in [-0.1, -0.05) is 13.8 Å². The van der Waals surface area contributed by atoms with Crippen LogP contribution in [0.5, 0.6) is 0 Å². The number of carbonyl (C=O) groups excluding carboxylic acids is 1. The second-order valence-electron chi connectivity index (χ2n) is 3.41. The summed E-state index contributed by atoms with van der Waals surface area (Å²) >= 11 is 0. The van der Waals surface area contributed by atoms with Gasteiger partial charge in [0, 0.05) is 12.8 Å². The largest absolute Gasteiger partial charge is 0.300 e. The Morgan fingerprint density at radius 2 is 2.20 bits per heavy atom. The molecule has 1 aliphatic carbocycles. The van der Waals surface area contributed by atoms with Gasteiger partial charge in [-0.25, -0.2) is 0 Å². The molecule has 0 aromatic carbocycles. The Morgan fingerprint density at radius 3 is 2.60 bits per heavy atom. The van der Waals surface area contributed by atoms with E-state index in [0.717, 1.165) is 18.8 Å². The molecule has 1 aliphatic rings. The molecule has 1 atom stereocenters. The topological polar surface area (TPSA) is 17.1 Å². The van der Waals surface area contributed by atoms with E-state index < -0.39 is 0 Å². The van der Waals surface area contributed by atoms with E-state index >= 15 is 0 Å². The molecule has 1 rings (SSSR count). The Hall–Kier alpha value is -0.330. The van der Waals surface area contributed by atoms with Gasteiger partial charge < -0.3 is 0 Å². The highest BCUT2D eigenvalue weighted by atomic mass is 16.1. The third kappa shape index (κ3) is 2.13. The lowest BCUT2D eigenvalue weighted by atomic mass is 9.99. The van der Waals surface area contributed by atoms with E-state index in [1.165, 1.54) is 12.8 Å². The number of hydrogen-bond acceptors (Lipinski definition) is 1. The van der Waals surface area contributed by atoms with Gasteiger partial charge in [-0.15, -0.1) is 0 Å². The Bertz CT molecular complexity index is 125. The van der Waals surface area contributed by atoms with Crippen LogP contribution >= 0.6 is 0 Å². The maximum atomic E-state index is 11.0. The molecule has 0 radical (unpaired) electrons. The van der Waals surface area contributed by atoms with Gasteiger partial charge in [-0.2, -0.15) is 0 Å². The standard InChI is InChI=1S/C9H16O/c1-3-9(10)6-7(2)8-4-5-8/h7-8H,3-6H2,1-2H3. The fourth-order valence-corrected chi connectivity index (χ4v) is 1.34. The van der Waals surface area contributed by atoms with E-state index in [-0.39, 0.29) is 0 Å². The molecule has 0 amide bonds. The van der Waals surface area contributed by atoms with Crippen molar-refractivity contribution < 1.29 is 4.79 Å². The zero-order valence-electron chi connectivity index (χ0n) is 6.89. The third-order valence-electron chi connectivity index (χ3n) is 2.37. The van der Waals surface area contributed by atoms with E-state index in [0.29, 0.717) is 11.7 Å². The van der Waals surface area contributed by atoms with Crippen molar-refractivity contribution in [3.8, 4) is 0 Å². The Labute approximate surface area is 62.8 Å². The summed E-state index contributed by atoms with van der Waals surface area (Å²) in [5, 5.41) is 0. The smallest absolute Gasteiger partial charge is 0.132 e. The maximum absolute atomic E-state index is 11.0. The molecule has 0 aromatic heterocycles. The molecular weight excluding hydrogens is 124 g/mol. The molecule has 1 nitrogen and oxygen atoms in total. The average Bonchev–Trinajstić information content (AvgIpc) is 2.68. The average molecular weight is 140 g/mol. The van der Waals surface area contributed by atoms with Crippen molar-refractivity contribution in [1.29, 1.82) is 0 Å². The van der Waals surface area contributed by atoms with E-state index in [1.54, 1.807) is 0 Å². The molecule has 1 fully saturated rings. The first-order valence-electron chi connectivity index (χ1n) is 4.25. The summed E-state index contributed by atoms with van der Waals surface area (Å²) in [5.74, 6) is 1.97. The molecule has 1 unspecified atom stereocenters. The normalized spacial score (nSPS) is 20.6. The predicted molar refractivity (Wildman–Crippen MR) is 41.8 cm³/mol. The number of hydrogen-bond donors (Lipinski definition) is 0. The molecule has 0 aliphatic heterocycles. The minimum absolute atomic E-state index is 0.430. The van der Waals surface area contributed by atoms with Crippen LogP contribution in [0.25, 0.3) is 0 Å². The second-order valence-corrected chi connectivity index (χ2v) is 3.41. The highest BCUT2D eigenvalue weighted by molar-refractivity contribution is 5.78. The van der Waals surface area contributed by atoms with Crippen LogP contribution in [-0.2, 0) is 4.79 Å². The van der Waals surface area contributed by atoms with Crippen LogP contribution in [0, 0.1) is 11.8 Å². The second kappa shape index (κ2) is 3.18. The first kappa shape index (κ1) is 7.77. The Kier molecular flexibility index (Phi) is 2.47. The number of rotatable bonds is 4. The third-order valence-corrected chi connectivity index (χ3v) is 2.37. The summed E-state index contributed by atoms with van der Waals surface area (Å²) in [5.41, 5.74) is 0. The zero-order chi connectivity index (χ0) is 7.56. The zero-order valence-corrected chi connectivity index (χ0v) is 6.89. The molecule has 0 aromatic rings. The molecule has 0 N–H and O–H groups in total. The first-order valence-corrected chi connectivity index (χ1v) is 4.25. The van der Waals surface area contributed by atoms with E-state index in [2.05, 4.69) is 6.92 Å². The number of Topliss-reactive ketones (excluding diaryl/α,β-unsaturated/α-hetero) is 1. The van der Waals surface area contributed by atoms with Gasteiger partial charge in [0.1, 0.15) is 5.78 Å². The van der Waals surface area contributed by atoms with Gasteiger partial charge >= 0.3 is 0 Å². The van der Waals surface area contributed by atoms with Crippen molar-refractivity contribution >= 4 is 5.78 Å². The van der Waals surface area contributed by atoms with Gasteiger partial charge in [0.2, 0.25) is 0 Å². The molecule has 10 heavy (non-hydrogen) atoms. The van der Waals surface area contributed by atoms with Crippen molar-refractivity contribution in [3.05, 3.63) is 0 Å². The highest BCUT2D eigenvalue weighted by Crippen LogP contribution is 2.38. The van der Waals surface area contributed by atoms with Crippen molar-refractivity contribution in [3.63, 3.8) is 0 Å². The Balaban J connectivity index is 2.16. The van der Waals surface area contributed by atoms with Crippen molar-refractivity contribution in [2.24, 2.45) is 11.8 Å². The first-order chi connectivity index (χ1) is 4.74. The molecule has 1 heteroatoms. The minimum Gasteiger partial charge on any atom is -0.300 e. The monoisotopic (exact) mass is 140 g/mol. The SMILES string of the molecule is CCC(=O)CC(C)C1CC1. The Morgan fingerprint density at radius 1 is 1.60 bits per heavy atom. The predicted octanol–water partition coefficient (Wildman–Crippen LogP) is 2.40. The highest BCUT2D eigenvalue weighted by Gasteiger charge is 2.28. The fraction of sp³-hybridized carbons (Fsp3) is 0.889. The van der Waals surface area contributed by atoms with Crippen molar-refractivity contribution in [2.75, 3.05) is 0 Å². The number of ketones is 1. The lowest BCUT2D eigenvalue weighted by Crippen LogP contribution is -2.05. The molecule has 58 valence electrons. The maximum Gasteiger partial charge on any atom is 0.132 e. The van der Waals surface area contributed by atoms with Crippen molar-refractivity contribution in [1.82, 2.24) is 0 Å². The van der Waals surface area contributed by atoms with Crippen LogP contribution in [0.4, 0.5) is 0 Å². The molecule has 0 spiro atoms. The van der Waals surface area contributed by atoms with E-state index in [1.807, 2.05) is 6.92 Å². The lowest BCUT2D eigenvalue weighted by molar-refractivity contribution is -0.119. The molecule has 1 saturated carbocycles. The van der Waals surface area contributed by atoms with Gasteiger partial charge in [0.15, 0.2) is 0 Å². The lowest BCUT2D eigenvalue weighted by Gasteiger charge is -2.06. The van der Waals surface area contributed by atoms with Gasteiger partial charge in [0.25, 0.3) is 0 Å². The van der Waals surface area contributed by atoms with Gasteiger partial charge in [-0.05, 0) is 24.7 Å². The van der Waals surface area contributed by atoms with Crippen LogP contribution in [-0.4, -0.2) is 5.78 Å². The van der Waals surface area contributed by atoms with Crippen LogP contribution < -0.4 is 0 Å². The quantitative estimate of drug-likeness (QED) is 0.586. The summed E-state index contributed by atoms with van der Waals surface area (Å²) in [6.07, 6.45) is 4.26. The van der Waals surface area contributed by atoms with E-state index in [4.69, 9.17) is 0 Å². The summed E-state index contributed by atoms with van der Waals surface area (Å²) in [6.45, 7) is 4.15. The summed E-state index contributed by atoms with van der Waals surface area (Å²) in [6, 6.07) is 0. The molecular formula is C9H16O. The molecule has 0 saturated heterocycles. The fourth-order valence-electron chi connectivity index (χ4n) is 1.34. The van der Waals surface area contributed by atoms with Crippen LogP contribution in [0.2, 0.25) is 0 Å². The molecule has 0 bridgehead atoms. The van der Waals surface area contributed by atoms with Gasteiger partial charge in [0.05, 0.1) is 0 Å². The van der Waals surface area contributed by atoms with Crippen LogP contribution in [0.3, 0.4) is 0 Å². The minimum atomic E-state index is 0.430. The summed E-state index contributed by atoms with van der Waals surface area (Å²) < 4.78 is 0. The van der Waals surface area contributed by atoms with E-state index in [9.17, 15) is 4.79 Å². The van der Waals surface area contributed by atoms with Crippen LogP contribution in [0.15, 0.2) is 0 Å². The summed E-state index contributed by atoms with van der Waals surface area (Å²) in [4.78, 5) is 11.0. The molecule has 0 heterocycles. The summed E-state index contributed by atoms with van der Waals surface area (Å²) in [7, 11) is 0. The number of carbonyl (C=O) groups is 1.